The largest absolute Gasteiger partial charge is 0.376 e. The molecule has 0 saturated heterocycles. The van der Waals surface area contributed by atoms with E-state index in [4.69, 9.17) is 9.47 Å². The Hall–Kier alpha value is -1.45. The average Bonchev–Trinajstić information content (AvgIpc) is 2.56. The molecule has 0 aliphatic carbocycles. The molecule has 0 saturated carbocycles. The van der Waals surface area contributed by atoms with E-state index in [1.54, 1.807) is 0 Å². The summed E-state index contributed by atoms with van der Waals surface area (Å²) in [7, 11) is 0. The molecule has 0 fully saturated rings. The summed E-state index contributed by atoms with van der Waals surface area (Å²) in [5.41, 5.74) is 2.41. The van der Waals surface area contributed by atoms with E-state index in [-0.39, 0.29) is 23.9 Å². The molecule has 0 bridgehead atoms. The Morgan fingerprint density at radius 3 is 2.78 bits per heavy atom. The van der Waals surface area contributed by atoms with Gasteiger partial charge in [0.25, 0.3) is 0 Å². The zero-order valence-corrected chi connectivity index (χ0v) is 14.5. The normalized spacial score (nSPS) is 22.5. The Balaban J connectivity index is 1.72. The summed E-state index contributed by atoms with van der Waals surface area (Å²) in [6.45, 7) is 7.42. The predicted molar refractivity (Wildman–Crippen MR) is 92.2 cm³/mol. The third-order valence-corrected chi connectivity index (χ3v) is 4.28. The fourth-order valence-corrected chi connectivity index (χ4v) is 2.90. The minimum Gasteiger partial charge on any atom is -0.376 e. The lowest BCUT2D eigenvalue weighted by molar-refractivity contribution is -0.135. The number of hydrogen-bond donors (Lipinski definition) is 0. The van der Waals surface area contributed by atoms with E-state index in [0.717, 1.165) is 12.0 Å². The van der Waals surface area contributed by atoms with Gasteiger partial charge in [-0.25, -0.2) is 0 Å². The zero-order chi connectivity index (χ0) is 16.7. The van der Waals surface area contributed by atoms with Gasteiger partial charge in [0.15, 0.2) is 5.78 Å². The van der Waals surface area contributed by atoms with Crippen LogP contribution in [0.15, 0.2) is 42.0 Å². The molecule has 1 heterocycles. The first-order valence-corrected chi connectivity index (χ1v) is 8.56. The lowest BCUT2D eigenvalue weighted by atomic mass is 9.96. The Morgan fingerprint density at radius 2 is 2.09 bits per heavy atom. The fraction of sp³-hybridized carbons (Fsp3) is 0.550. The van der Waals surface area contributed by atoms with Crippen molar-refractivity contribution in [3.05, 3.63) is 47.5 Å². The Bertz CT molecular complexity index is 521. The number of hydrogen-bond acceptors (Lipinski definition) is 3. The molecule has 1 aromatic carbocycles. The van der Waals surface area contributed by atoms with Gasteiger partial charge in [0.05, 0.1) is 12.7 Å². The molecule has 0 aromatic heterocycles. The van der Waals surface area contributed by atoms with Gasteiger partial charge in [-0.3, -0.25) is 4.79 Å². The molecule has 3 nitrogen and oxygen atoms in total. The predicted octanol–water partition coefficient (Wildman–Crippen LogP) is 4.31. The van der Waals surface area contributed by atoms with Crippen molar-refractivity contribution in [2.24, 2.45) is 5.92 Å². The number of Topliss-reactive ketones (excluding diaryl/α,β-unsaturated/α-hetero) is 1. The number of ether oxygens (including phenoxy) is 2. The van der Waals surface area contributed by atoms with Gasteiger partial charge in [-0.2, -0.15) is 0 Å². The van der Waals surface area contributed by atoms with E-state index >= 15 is 0 Å². The van der Waals surface area contributed by atoms with E-state index in [0.29, 0.717) is 26.1 Å². The molecular weight excluding hydrogens is 288 g/mol. The van der Waals surface area contributed by atoms with Gasteiger partial charge in [-0.15, -0.1) is 0 Å². The van der Waals surface area contributed by atoms with Crippen LogP contribution in [-0.4, -0.2) is 24.6 Å². The van der Waals surface area contributed by atoms with Crippen LogP contribution in [-0.2, 0) is 20.9 Å². The molecule has 23 heavy (non-hydrogen) atoms. The second-order valence-electron chi connectivity index (χ2n) is 6.48. The van der Waals surface area contributed by atoms with Crippen LogP contribution in [0.25, 0.3) is 0 Å². The highest BCUT2D eigenvalue weighted by Gasteiger charge is 2.27. The van der Waals surface area contributed by atoms with Crippen LogP contribution in [0.4, 0.5) is 0 Å². The van der Waals surface area contributed by atoms with Crippen molar-refractivity contribution < 1.29 is 14.3 Å². The highest BCUT2D eigenvalue weighted by molar-refractivity contribution is 5.83. The second kappa shape index (κ2) is 8.99. The fourth-order valence-electron chi connectivity index (χ4n) is 2.90. The molecule has 2 rings (SSSR count). The van der Waals surface area contributed by atoms with E-state index in [1.807, 2.05) is 30.3 Å². The number of ketones is 1. The Labute approximate surface area is 139 Å². The lowest BCUT2D eigenvalue weighted by Crippen LogP contribution is -2.34. The molecule has 0 spiro atoms. The first kappa shape index (κ1) is 17.9. The quantitative estimate of drug-likeness (QED) is 0.670. The van der Waals surface area contributed by atoms with Crippen LogP contribution in [0.2, 0.25) is 0 Å². The van der Waals surface area contributed by atoms with Gasteiger partial charge in [0.2, 0.25) is 0 Å². The van der Waals surface area contributed by atoms with Crippen molar-refractivity contribution in [2.75, 3.05) is 6.61 Å². The van der Waals surface area contributed by atoms with Crippen molar-refractivity contribution in [1.82, 2.24) is 0 Å². The van der Waals surface area contributed by atoms with E-state index in [9.17, 15) is 4.79 Å². The lowest BCUT2D eigenvalue weighted by Gasteiger charge is -2.28. The number of carbonyl (C=O) groups excluding carboxylic acids is 1. The second-order valence-corrected chi connectivity index (χ2v) is 6.48. The summed E-state index contributed by atoms with van der Waals surface area (Å²) in [6, 6.07) is 10.1. The highest BCUT2D eigenvalue weighted by Crippen LogP contribution is 2.23. The van der Waals surface area contributed by atoms with Crippen molar-refractivity contribution >= 4 is 5.78 Å². The molecule has 126 valence electrons. The highest BCUT2D eigenvalue weighted by atomic mass is 16.5. The molecule has 0 N–H and O–H groups in total. The van der Waals surface area contributed by atoms with E-state index in [1.165, 1.54) is 5.57 Å². The first-order chi connectivity index (χ1) is 11.1. The molecule has 1 aliphatic rings. The first-order valence-electron chi connectivity index (χ1n) is 8.56. The standard InChI is InChI=1S/C20H28O3/c1-4-19-16(3)10-11-20(23-19)18(21)12-15(2)13-22-14-17-8-6-5-7-9-17/h5-10,15,19-20H,4,11-14H2,1-3H3/t15-,19+,20+/m0/s1. The summed E-state index contributed by atoms with van der Waals surface area (Å²) in [4.78, 5) is 12.4. The zero-order valence-electron chi connectivity index (χ0n) is 14.5. The van der Waals surface area contributed by atoms with E-state index in [2.05, 4.69) is 26.8 Å². The molecule has 0 amide bonds. The Kier molecular flexibility index (Phi) is 7.00. The van der Waals surface area contributed by atoms with Gasteiger partial charge >= 0.3 is 0 Å². The van der Waals surface area contributed by atoms with E-state index < -0.39 is 0 Å². The molecule has 1 aromatic rings. The molecule has 3 heteroatoms. The average molecular weight is 316 g/mol. The smallest absolute Gasteiger partial charge is 0.162 e. The topological polar surface area (TPSA) is 35.5 Å². The number of carbonyl (C=O) groups is 1. The Morgan fingerprint density at radius 1 is 1.35 bits per heavy atom. The molecular formula is C20H28O3. The summed E-state index contributed by atoms with van der Waals surface area (Å²) in [5, 5.41) is 0. The maximum absolute atomic E-state index is 12.4. The van der Waals surface area contributed by atoms with Gasteiger partial charge < -0.3 is 9.47 Å². The van der Waals surface area contributed by atoms with Crippen molar-refractivity contribution in [1.29, 1.82) is 0 Å². The van der Waals surface area contributed by atoms with Gasteiger partial charge in [0.1, 0.15) is 6.10 Å². The SMILES string of the molecule is CC[C@H]1O[C@@H](C(=O)C[C@H](C)COCc2ccccc2)CC=C1C. The van der Waals surface area contributed by atoms with Crippen LogP contribution in [0.3, 0.4) is 0 Å². The summed E-state index contributed by atoms with van der Waals surface area (Å²) in [6.07, 6.45) is 4.11. The number of benzene rings is 1. The summed E-state index contributed by atoms with van der Waals surface area (Å²) >= 11 is 0. The molecule has 0 radical (unpaired) electrons. The van der Waals surface area contributed by atoms with Gasteiger partial charge in [0, 0.05) is 13.0 Å². The maximum Gasteiger partial charge on any atom is 0.162 e. The van der Waals surface area contributed by atoms with Crippen LogP contribution < -0.4 is 0 Å². The third-order valence-electron chi connectivity index (χ3n) is 4.28. The third kappa shape index (κ3) is 5.60. The monoisotopic (exact) mass is 316 g/mol. The van der Waals surface area contributed by atoms with Gasteiger partial charge in [-0.1, -0.05) is 50.3 Å². The number of rotatable bonds is 8. The van der Waals surface area contributed by atoms with Crippen molar-refractivity contribution in [3.63, 3.8) is 0 Å². The van der Waals surface area contributed by atoms with Crippen molar-refractivity contribution in [2.45, 2.75) is 58.8 Å². The van der Waals surface area contributed by atoms with Crippen molar-refractivity contribution in [3.8, 4) is 0 Å². The molecule has 3 atom stereocenters. The van der Waals surface area contributed by atoms with Crippen LogP contribution in [0, 0.1) is 5.92 Å². The van der Waals surface area contributed by atoms with Crippen LogP contribution in [0.1, 0.15) is 45.6 Å². The van der Waals surface area contributed by atoms with Crippen LogP contribution >= 0.6 is 0 Å². The van der Waals surface area contributed by atoms with Crippen LogP contribution in [0.5, 0.6) is 0 Å². The summed E-state index contributed by atoms with van der Waals surface area (Å²) in [5.74, 6) is 0.407. The van der Waals surface area contributed by atoms with Gasteiger partial charge in [-0.05, 0) is 36.8 Å². The minimum atomic E-state index is -0.278. The molecule has 1 aliphatic heterocycles. The minimum absolute atomic E-state index is 0.0994. The maximum atomic E-state index is 12.4. The molecule has 0 unspecified atom stereocenters. The summed E-state index contributed by atoms with van der Waals surface area (Å²) < 4.78 is 11.6.